The maximum absolute atomic E-state index is 11.7. The van der Waals surface area contributed by atoms with Gasteiger partial charge in [0.25, 0.3) is 0 Å². The molecule has 0 saturated carbocycles. The molecule has 1 unspecified atom stereocenters. The smallest absolute Gasteiger partial charge is 0.231 e. The lowest BCUT2D eigenvalue weighted by Gasteiger charge is -2.07. The fraction of sp³-hybridized carbons (Fsp3) is 0.417. The van der Waals surface area contributed by atoms with Gasteiger partial charge in [-0.2, -0.15) is 0 Å². The Morgan fingerprint density at radius 3 is 2.80 bits per heavy atom. The molecule has 0 spiro atoms. The van der Waals surface area contributed by atoms with E-state index in [0.29, 0.717) is 18.1 Å². The highest BCUT2D eigenvalue weighted by Gasteiger charge is 2.31. The van der Waals surface area contributed by atoms with Crippen molar-refractivity contribution in [3.8, 4) is 11.5 Å². The lowest BCUT2D eigenvalue weighted by atomic mass is 9.98. The van der Waals surface area contributed by atoms with Crippen LogP contribution in [0.15, 0.2) is 12.1 Å². The molecule has 1 heterocycles. The molecule has 0 aromatic heterocycles. The first-order chi connectivity index (χ1) is 7.29. The molecule has 0 fully saturated rings. The lowest BCUT2D eigenvalue weighted by molar-refractivity contribution is 0.0988. The molecule has 0 amide bonds. The number of rotatable bonds is 1. The fourth-order valence-corrected chi connectivity index (χ4v) is 2.34. The van der Waals surface area contributed by atoms with E-state index in [1.165, 1.54) is 0 Å². The van der Waals surface area contributed by atoms with Gasteiger partial charge in [0, 0.05) is 12.0 Å². The van der Waals surface area contributed by atoms with Crippen LogP contribution in [0.4, 0.5) is 0 Å². The Morgan fingerprint density at radius 1 is 1.33 bits per heavy atom. The Balaban J connectivity index is 2.15. The number of carbonyl (C=O) groups is 1. The highest BCUT2D eigenvalue weighted by molar-refractivity contribution is 6.02. The third-order valence-corrected chi connectivity index (χ3v) is 3.21. The molecule has 0 N–H and O–H groups in total. The van der Waals surface area contributed by atoms with Crippen LogP contribution >= 0.6 is 0 Å². The van der Waals surface area contributed by atoms with Crippen molar-refractivity contribution in [3.05, 3.63) is 23.3 Å². The molecule has 3 rings (SSSR count). The summed E-state index contributed by atoms with van der Waals surface area (Å²) in [5, 5.41) is 0. The Labute approximate surface area is 88.0 Å². The third-order valence-electron chi connectivity index (χ3n) is 3.21. The van der Waals surface area contributed by atoms with Gasteiger partial charge >= 0.3 is 0 Å². The predicted molar refractivity (Wildman–Crippen MR) is 54.5 cm³/mol. The van der Waals surface area contributed by atoms with E-state index in [-0.39, 0.29) is 12.6 Å². The third kappa shape index (κ3) is 1.16. The Kier molecular flexibility index (Phi) is 1.75. The summed E-state index contributed by atoms with van der Waals surface area (Å²) in [5.41, 5.74) is 1.96. The molecular weight excluding hydrogens is 192 g/mol. The summed E-state index contributed by atoms with van der Waals surface area (Å²) in [6.07, 6.45) is 1.63. The Bertz CT molecular complexity index is 437. The average molecular weight is 204 g/mol. The van der Waals surface area contributed by atoms with Crippen LogP contribution in [-0.4, -0.2) is 12.6 Å². The molecule has 0 bridgehead atoms. The minimum Gasteiger partial charge on any atom is -0.454 e. The maximum atomic E-state index is 11.7. The van der Waals surface area contributed by atoms with Crippen molar-refractivity contribution < 1.29 is 14.3 Å². The molecule has 3 nitrogen and oxygen atoms in total. The predicted octanol–water partition coefficient (Wildman–Crippen LogP) is 2.50. The molecule has 1 aromatic rings. The van der Waals surface area contributed by atoms with E-state index in [1.54, 1.807) is 0 Å². The number of ether oxygens (including phenoxy) is 2. The van der Waals surface area contributed by atoms with E-state index in [0.717, 1.165) is 23.3 Å². The molecule has 15 heavy (non-hydrogen) atoms. The lowest BCUT2D eigenvalue weighted by Crippen LogP contribution is -1.94. The molecule has 0 radical (unpaired) electrons. The van der Waals surface area contributed by atoms with Gasteiger partial charge in [0.15, 0.2) is 17.3 Å². The van der Waals surface area contributed by atoms with Crippen molar-refractivity contribution in [2.45, 2.75) is 25.7 Å². The van der Waals surface area contributed by atoms with E-state index in [9.17, 15) is 4.79 Å². The number of Topliss-reactive ketones (excluding diaryl/α,β-unsaturated/α-hetero) is 1. The molecule has 3 heteroatoms. The van der Waals surface area contributed by atoms with E-state index < -0.39 is 0 Å². The van der Waals surface area contributed by atoms with Gasteiger partial charge in [0.05, 0.1) is 0 Å². The SMILES string of the molecule is CCC1CC(=O)c2cc3c(cc21)OCO3. The second kappa shape index (κ2) is 2.99. The first-order valence-corrected chi connectivity index (χ1v) is 5.26. The van der Waals surface area contributed by atoms with Gasteiger partial charge in [0.2, 0.25) is 6.79 Å². The highest BCUT2D eigenvalue weighted by Crippen LogP contribution is 2.43. The molecule has 78 valence electrons. The summed E-state index contributed by atoms with van der Waals surface area (Å²) < 4.78 is 10.6. The van der Waals surface area contributed by atoms with E-state index in [1.807, 2.05) is 12.1 Å². The second-order valence-electron chi connectivity index (χ2n) is 4.03. The summed E-state index contributed by atoms with van der Waals surface area (Å²) in [7, 11) is 0. The van der Waals surface area contributed by atoms with Crippen molar-refractivity contribution in [1.29, 1.82) is 0 Å². The number of hydrogen-bond donors (Lipinski definition) is 0. The Hall–Kier alpha value is -1.51. The topological polar surface area (TPSA) is 35.5 Å². The van der Waals surface area contributed by atoms with Crippen LogP contribution in [0.2, 0.25) is 0 Å². The number of fused-ring (bicyclic) bond motifs is 2. The normalized spacial score (nSPS) is 21.9. The number of hydrogen-bond acceptors (Lipinski definition) is 3. The van der Waals surface area contributed by atoms with Crippen LogP contribution in [-0.2, 0) is 0 Å². The van der Waals surface area contributed by atoms with Gasteiger partial charge in [-0.05, 0) is 30.0 Å². The van der Waals surface area contributed by atoms with Crippen molar-refractivity contribution in [2.75, 3.05) is 6.79 Å². The van der Waals surface area contributed by atoms with Crippen LogP contribution in [0.25, 0.3) is 0 Å². The van der Waals surface area contributed by atoms with Crippen LogP contribution in [0.5, 0.6) is 11.5 Å². The quantitative estimate of drug-likeness (QED) is 0.705. The van der Waals surface area contributed by atoms with Gasteiger partial charge in [-0.25, -0.2) is 0 Å². The van der Waals surface area contributed by atoms with E-state index >= 15 is 0 Å². The number of carbonyl (C=O) groups excluding carboxylic acids is 1. The summed E-state index contributed by atoms with van der Waals surface area (Å²) in [6, 6.07) is 3.80. The largest absolute Gasteiger partial charge is 0.454 e. The molecule has 1 aliphatic carbocycles. The van der Waals surface area contributed by atoms with Gasteiger partial charge in [-0.1, -0.05) is 6.92 Å². The molecule has 1 atom stereocenters. The number of ketones is 1. The zero-order valence-electron chi connectivity index (χ0n) is 8.58. The monoisotopic (exact) mass is 204 g/mol. The van der Waals surface area contributed by atoms with E-state index in [4.69, 9.17) is 9.47 Å². The molecule has 0 saturated heterocycles. The zero-order chi connectivity index (χ0) is 10.4. The van der Waals surface area contributed by atoms with Crippen molar-refractivity contribution in [2.24, 2.45) is 0 Å². The molecule has 1 aliphatic heterocycles. The standard InChI is InChI=1S/C12H12O3/c1-2-7-3-10(13)9-5-12-11(4-8(7)9)14-6-15-12/h4-5,7H,2-3,6H2,1H3. The first-order valence-electron chi connectivity index (χ1n) is 5.26. The van der Waals surface area contributed by atoms with E-state index in [2.05, 4.69) is 6.92 Å². The van der Waals surface area contributed by atoms with Gasteiger partial charge in [-0.15, -0.1) is 0 Å². The van der Waals surface area contributed by atoms with Crippen LogP contribution in [0.1, 0.15) is 41.6 Å². The summed E-state index contributed by atoms with van der Waals surface area (Å²) in [6.45, 7) is 2.38. The molecule has 1 aromatic carbocycles. The summed E-state index contributed by atoms with van der Waals surface area (Å²) >= 11 is 0. The minimum absolute atomic E-state index is 0.232. The van der Waals surface area contributed by atoms with Gasteiger partial charge < -0.3 is 9.47 Å². The zero-order valence-corrected chi connectivity index (χ0v) is 8.58. The molecular formula is C12H12O3. The summed E-state index contributed by atoms with van der Waals surface area (Å²) in [4.78, 5) is 11.7. The van der Waals surface area contributed by atoms with Gasteiger partial charge in [-0.3, -0.25) is 4.79 Å². The van der Waals surface area contributed by atoms with Crippen molar-refractivity contribution in [1.82, 2.24) is 0 Å². The van der Waals surface area contributed by atoms with Crippen molar-refractivity contribution >= 4 is 5.78 Å². The van der Waals surface area contributed by atoms with Crippen LogP contribution in [0.3, 0.4) is 0 Å². The number of benzene rings is 1. The minimum atomic E-state index is 0.232. The van der Waals surface area contributed by atoms with Crippen LogP contribution in [0, 0.1) is 0 Å². The second-order valence-corrected chi connectivity index (χ2v) is 4.03. The first kappa shape index (κ1) is 8.77. The van der Waals surface area contributed by atoms with Crippen LogP contribution < -0.4 is 9.47 Å². The fourth-order valence-electron chi connectivity index (χ4n) is 2.34. The average Bonchev–Trinajstić information content (AvgIpc) is 2.81. The van der Waals surface area contributed by atoms with Gasteiger partial charge in [0.1, 0.15) is 0 Å². The van der Waals surface area contributed by atoms with Crippen molar-refractivity contribution in [3.63, 3.8) is 0 Å². The Morgan fingerprint density at radius 2 is 2.07 bits per heavy atom. The highest BCUT2D eigenvalue weighted by atomic mass is 16.7. The summed E-state index contributed by atoms with van der Waals surface area (Å²) in [5.74, 6) is 2.08. The maximum Gasteiger partial charge on any atom is 0.231 e. The molecule has 2 aliphatic rings.